The molecule has 0 aliphatic carbocycles. The number of rotatable bonds is 5. The number of nitrogens with one attached hydrogen (secondary N) is 1. The Morgan fingerprint density at radius 3 is 2.67 bits per heavy atom. The van der Waals surface area contributed by atoms with Crippen LogP contribution in [0.4, 0.5) is 11.5 Å². The fraction of sp³-hybridized carbons (Fsp3) is 0.250. The average Bonchev–Trinajstić information content (AvgIpc) is 3.18. The van der Waals surface area contributed by atoms with E-state index in [1.54, 1.807) is 6.20 Å². The summed E-state index contributed by atoms with van der Waals surface area (Å²) in [6, 6.07) is 13.4. The lowest BCUT2D eigenvalue weighted by Gasteiger charge is -2.27. The van der Waals surface area contributed by atoms with Gasteiger partial charge in [-0.25, -0.2) is 9.97 Å². The number of aromatic nitrogens is 2. The first-order valence-electron chi connectivity index (χ1n) is 8.86. The van der Waals surface area contributed by atoms with Gasteiger partial charge in [-0.05, 0) is 24.3 Å². The zero-order valence-corrected chi connectivity index (χ0v) is 14.8. The number of pyridine rings is 1. The molecule has 138 valence electrons. The average molecular weight is 364 g/mol. The van der Waals surface area contributed by atoms with E-state index in [2.05, 4.69) is 20.2 Å². The van der Waals surface area contributed by atoms with E-state index in [1.165, 1.54) is 6.26 Å². The monoisotopic (exact) mass is 364 g/mol. The number of carbonyl (C=O) groups is 1. The molecule has 0 atom stereocenters. The van der Waals surface area contributed by atoms with Gasteiger partial charge in [0, 0.05) is 18.7 Å². The van der Waals surface area contributed by atoms with Gasteiger partial charge in [-0.2, -0.15) is 0 Å². The Balaban J connectivity index is 1.35. The van der Waals surface area contributed by atoms with Crippen molar-refractivity contribution in [3.8, 4) is 11.5 Å². The molecule has 0 spiro atoms. The number of anilines is 2. The molecule has 1 N–H and O–H groups in total. The number of carbonyl (C=O) groups excluding carboxylic acids is 1. The first-order chi connectivity index (χ1) is 13.3. The summed E-state index contributed by atoms with van der Waals surface area (Å²) in [5.41, 5.74) is 2.13. The largest absolute Gasteiger partial charge is 0.444 e. The third-order valence-corrected chi connectivity index (χ3v) is 4.28. The topological polar surface area (TPSA) is 80.5 Å². The maximum atomic E-state index is 12.3. The Bertz CT molecular complexity index is 887. The van der Waals surface area contributed by atoms with Gasteiger partial charge in [-0.1, -0.05) is 18.2 Å². The molecule has 2 aromatic heterocycles. The van der Waals surface area contributed by atoms with Crippen LogP contribution in [-0.4, -0.2) is 42.2 Å². The quantitative estimate of drug-likeness (QED) is 0.750. The van der Waals surface area contributed by atoms with Crippen molar-refractivity contribution in [2.24, 2.45) is 0 Å². The van der Waals surface area contributed by atoms with E-state index in [0.29, 0.717) is 30.5 Å². The predicted molar refractivity (Wildman–Crippen MR) is 102 cm³/mol. The first kappa shape index (κ1) is 17.2. The lowest BCUT2D eigenvalue weighted by atomic mass is 10.2. The van der Waals surface area contributed by atoms with Crippen molar-refractivity contribution in [1.82, 2.24) is 9.97 Å². The van der Waals surface area contributed by atoms with Crippen LogP contribution in [-0.2, 0) is 16.0 Å². The van der Waals surface area contributed by atoms with Crippen molar-refractivity contribution < 1.29 is 13.9 Å². The van der Waals surface area contributed by atoms with Gasteiger partial charge in [0.25, 0.3) is 0 Å². The molecule has 1 fully saturated rings. The highest BCUT2D eigenvalue weighted by atomic mass is 16.5. The van der Waals surface area contributed by atoms with Gasteiger partial charge in [-0.15, -0.1) is 0 Å². The molecule has 7 heteroatoms. The summed E-state index contributed by atoms with van der Waals surface area (Å²) >= 11 is 0. The van der Waals surface area contributed by atoms with Crippen LogP contribution in [0, 0.1) is 0 Å². The van der Waals surface area contributed by atoms with E-state index in [9.17, 15) is 4.79 Å². The zero-order chi connectivity index (χ0) is 18.5. The van der Waals surface area contributed by atoms with E-state index in [-0.39, 0.29) is 12.3 Å². The highest BCUT2D eigenvalue weighted by Crippen LogP contribution is 2.19. The van der Waals surface area contributed by atoms with Crippen LogP contribution in [0.5, 0.6) is 0 Å². The number of nitrogens with zero attached hydrogens (tertiary/aromatic N) is 3. The van der Waals surface area contributed by atoms with Gasteiger partial charge in [-0.3, -0.25) is 4.79 Å². The van der Waals surface area contributed by atoms with Crippen molar-refractivity contribution in [2.45, 2.75) is 6.42 Å². The molecule has 3 aromatic rings. The number of morpholine rings is 1. The predicted octanol–water partition coefficient (Wildman–Crippen LogP) is 2.75. The van der Waals surface area contributed by atoms with Gasteiger partial charge < -0.3 is 19.4 Å². The Morgan fingerprint density at radius 2 is 1.93 bits per heavy atom. The molecular formula is C20H20N4O3. The van der Waals surface area contributed by atoms with Crippen LogP contribution in [0.2, 0.25) is 0 Å². The smallest absolute Gasteiger partial charge is 0.230 e. The minimum atomic E-state index is -0.163. The van der Waals surface area contributed by atoms with Crippen LogP contribution < -0.4 is 10.2 Å². The molecule has 27 heavy (non-hydrogen) atoms. The summed E-state index contributed by atoms with van der Waals surface area (Å²) in [6.45, 7) is 3.08. The minimum Gasteiger partial charge on any atom is -0.444 e. The Labute approximate surface area is 157 Å². The molecule has 1 amide bonds. The van der Waals surface area contributed by atoms with Crippen molar-refractivity contribution in [1.29, 1.82) is 0 Å². The second-order valence-electron chi connectivity index (χ2n) is 6.24. The molecular weight excluding hydrogens is 344 g/mol. The van der Waals surface area contributed by atoms with E-state index in [0.717, 1.165) is 24.5 Å². The number of amides is 1. The normalized spacial score (nSPS) is 14.1. The van der Waals surface area contributed by atoms with Crippen molar-refractivity contribution in [3.63, 3.8) is 0 Å². The first-order valence-corrected chi connectivity index (χ1v) is 8.86. The Morgan fingerprint density at radius 1 is 1.11 bits per heavy atom. The third-order valence-electron chi connectivity index (χ3n) is 4.28. The molecule has 1 aliphatic heterocycles. The molecule has 4 rings (SSSR count). The minimum absolute atomic E-state index is 0.140. The summed E-state index contributed by atoms with van der Waals surface area (Å²) in [4.78, 5) is 23.2. The number of hydrogen-bond donors (Lipinski definition) is 1. The van der Waals surface area contributed by atoms with Crippen LogP contribution in [0.1, 0.15) is 5.69 Å². The van der Waals surface area contributed by atoms with Crippen LogP contribution in [0.15, 0.2) is 59.3 Å². The van der Waals surface area contributed by atoms with Gasteiger partial charge in [0.1, 0.15) is 12.1 Å². The fourth-order valence-electron chi connectivity index (χ4n) is 2.91. The maximum absolute atomic E-state index is 12.3. The van der Waals surface area contributed by atoms with E-state index in [1.807, 2.05) is 42.5 Å². The molecule has 0 saturated carbocycles. The molecule has 3 heterocycles. The van der Waals surface area contributed by atoms with E-state index >= 15 is 0 Å². The number of benzene rings is 1. The van der Waals surface area contributed by atoms with Crippen molar-refractivity contribution >= 4 is 17.4 Å². The van der Waals surface area contributed by atoms with Crippen molar-refractivity contribution in [2.75, 3.05) is 36.5 Å². The lowest BCUT2D eigenvalue weighted by Crippen LogP contribution is -2.36. The third kappa shape index (κ3) is 4.32. The lowest BCUT2D eigenvalue weighted by molar-refractivity contribution is -0.115. The molecule has 0 unspecified atom stereocenters. The van der Waals surface area contributed by atoms with Gasteiger partial charge in [0.05, 0.1) is 37.2 Å². The van der Waals surface area contributed by atoms with E-state index < -0.39 is 0 Å². The number of hydrogen-bond acceptors (Lipinski definition) is 6. The number of ether oxygens (including phenoxy) is 1. The highest BCUT2D eigenvalue weighted by molar-refractivity contribution is 5.92. The number of oxazole rings is 1. The van der Waals surface area contributed by atoms with Crippen LogP contribution in [0.3, 0.4) is 0 Å². The zero-order valence-electron chi connectivity index (χ0n) is 14.8. The summed E-state index contributed by atoms with van der Waals surface area (Å²) in [6.07, 6.45) is 3.32. The molecule has 0 radical (unpaired) electrons. The summed E-state index contributed by atoms with van der Waals surface area (Å²) in [7, 11) is 0. The standard InChI is InChI=1S/C20H20N4O3/c25-19(12-17-14-27-20(23-17)15-4-2-1-3-5-15)22-16-6-7-18(21-13-16)24-8-10-26-11-9-24/h1-7,13-14H,8-12H2,(H,22,25). The van der Waals surface area contributed by atoms with Crippen LogP contribution >= 0.6 is 0 Å². The van der Waals surface area contributed by atoms with Gasteiger partial charge in [0.15, 0.2) is 0 Å². The Hall–Kier alpha value is -3.19. The Kier molecular flexibility index (Phi) is 5.11. The summed E-state index contributed by atoms with van der Waals surface area (Å²) < 4.78 is 10.8. The molecule has 1 saturated heterocycles. The van der Waals surface area contributed by atoms with Gasteiger partial charge >= 0.3 is 0 Å². The van der Waals surface area contributed by atoms with Crippen LogP contribution in [0.25, 0.3) is 11.5 Å². The second-order valence-corrected chi connectivity index (χ2v) is 6.24. The molecule has 1 aliphatic rings. The molecule has 7 nitrogen and oxygen atoms in total. The second kappa shape index (κ2) is 8.01. The maximum Gasteiger partial charge on any atom is 0.230 e. The highest BCUT2D eigenvalue weighted by Gasteiger charge is 2.13. The summed E-state index contributed by atoms with van der Waals surface area (Å²) in [5, 5.41) is 2.84. The van der Waals surface area contributed by atoms with Crippen molar-refractivity contribution in [3.05, 3.63) is 60.6 Å². The molecule has 1 aromatic carbocycles. The summed E-state index contributed by atoms with van der Waals surface area (Å²) in [5.74, 6) is 1.24. The SMILES string of the molecule is O=C(Cc1coc(-c2ccccc2)n1)Nc1ccc(N2CCOCC2)nc1. The molecule has 0 bridgehead atoms. The fourth-order valence-corrected chi connectivity index (χ4v) is 2.91. The van der Waals surface area contributed by atoms with Gasteiger partial charge in [0.2, 0.25) is 11.8 Å². The van der Waals surface area contributed by atoms with E-state index in [4.69, 9.17) is 9.15 Å².